The number of aliphatic carboxylic acids is 1. The molecule has 7 nitrogen and oxygen atoms in total. The van der Waals surface area contributed by atoms with E-state index in [0.29, 0.717) is 17.8 Å². The highest BCUT2D eigenvalue weighted by molar-refractivity contribution is 5.82. The number of fused-ring (bicyclic) bond motifs is 3. The van der Waals surface area contributed by atoms with E-state index >= 15 is 0 Å². The van der Waals surface area contributed by atoms with E-state index in [-0.39, 0.29) is 36.8 Å². The molecule has 0 unspecified atom stereocenters. The van der Waals surface area contributed by atoms with Gasteiger partial charge in [0, 0.05) is 17.9 Å². The maximum atomic E-state index is 12.8. The minimum absolute atomic E-state index is 0.0255. The Morgan fingerprint density at radius 1 is 0.892 bits per heavy atom. The summed E-state index contributed by atoms with van der Waals surface area (Å²) in [4.78, 5) is 37.3. The van der Waals surface area contributed by atoms with Crippen LogP contribution >= 0.6 is 0 Å². The summed E-state index contributed by atoms with van der Waals surface area (Å²) in [5, 5.41) is 15.4. The standard InChI is InChI=1S/C30H34N2O5/c33-27(32-30-14-18-11-19(15-30)13-20(12-18)16-30)10-9-26(28(34)35)31-29(36)37-17-25-23-7-3-1-5-21(23)22-6-2-4-8-24(22)25/h1-8,18-20,25-26H,9-17H2,(H,31,36)(H,32,33)(H,34,35)/t18?,19?,20?,26-,30?/m0/s1. The molecule has 4 saturated carbocycles. The van der Waals surface area contributed by atoms with Crippen molar-refractivity contribution in [2.24, 2.45) is 17.8 Å². The first-order valence-corrected chi connectivity index (χ1v) is 13.5. The molecule has 2 aromatic rings. The lowest BCUT2D eigenvalue weighted by molar-refractivity contribution is -0.139. The van der Waals surface area contributed by atoms with Crippen molar-refractivity contribution in [3.8, 4) is 11.1 Å². The number of carboxylic acid groups (broad SMARTS) is 1. The van der Waals surface area contributed by atoms with Crippen LogP contribution in [0, 0.1) is 17.8 Å². The van der Waals surface area contributed by atoms with Crippen LogP contribution in [0.15, 0.2) is 48.5 Å². The average Bonchev–Trinajstić information content (AvgIpc) is 3.17. The van der Waals surface area contributed by atoms with Gasteiger partial charge >= 0.3 is 12.1 Å². The number of benzene rings is 2. The van der Waals surface area contributed by atoms with Gasteiger partial charge in [-0.3, -0.25) is 4.79 Å². The van der Waals surface area contributed by atoms with E-state index in [9.17, 15) is 19.5 Å². The molecule has 37 heavy (non-hydrogen) atoms. The third kappa shape index (κ3) is 4.72. The van der Waals surface area contributed by atoms with E-state index in [4.69, 9.17) is 4.74 Å². The van der Waals surface area contributed by atoms with Gasteiger partial charge < -0.3 is 20.5 Å². The third-order valence-corrected chi connectivity index (χ3v) is 9.04. The van der Waals surface area contributed by atoms with Crippen LogP contribution in [0.1, 0.15) is 68.4 Å². The second-order valence-electron chi connectivity index (χ2n) is 11.6. The molecule has 0 heterocycles. The maximum Gasteiger partial charge on any atom is 0.407 e. The summed E-state index contributed by atoms with van der Waals surface area (Å²) in [5.41, 5.74) is 4.33. The summed E-state index contributed by atoms with van der Waals surface area (Å²) < 4.78 is 5.50. The van der Waals surface area contributed by atoms with Crippen molar-refractivity contribution in [1.29, 1.82) is 0 Å². The molecule has 2 amide bonds. The Hall–Kier alpha value is -3.35. The Morgan fingerprint density at radius 3 is 1.97 bits per heavy atom. The number of hydrogen-bond donors (Lipinski definition) is 3. The van der Waals surface area contributed by atoms with E-state index in [0.717, 1.165) is 41.5 Å². The number of ether oxygens (including phenoxy) is 1. The average molecular weight is 503 g/mol. The number of amides is 2. The number of alkyl carbamates (subject to hydrolysis) is 1. The second-order valence-corrected chi connectivity index (χ2v) is 11.6. The molecule has 0 radical (unpaired) electrons. The van der Waals surface area contributed by atoms with Gasteiger partial charge in [0.15, 0.2) is 0 Å². The summed E-state index contributed by atoms with van der Waals surface area (Å²) in [6, 6.07) is 14.9. The van der Waals surface area contributed by atoms with Gasteiger partial charge in [0.1, 0.15) is 12.6 Å². The zero-order valence-electron chi connectivity index (χ0n) is 20.9. The summed E-state index contributed by atoms with van der Waals surface area (Å²) in [6.07, 6.45) is 6.32. The highest BCUT2D eigenvalue weighted by atomic mass is 16.5. The maximum absolute atomic E-state index is 12.8. The van der Waals surface area contributed by atoms with Crippen molar-refractivity contribution in [2.75, 3.05) is 6.61 Å². The largest absolute Gasteiger partial charge is 0.480 e. The van der Waals surface area contributed by atoms with E-state index in [1.165, 1.54) is 19.3 Å². The molecular formula is C30H34N2O5. The van der Waals surface area contributed by atoms with Crippen LogP contribution in [0.4, 0.5) is 4.79 Å². The lowest BCUT2D eigenvalue weighted by atomic mass is 9.53. The minimum atomic E-state index is -1.18. The fourth-order valence-electron chi connectivity index (χ4n) is 7.94. The monoisotopic (exact) mass is 502 g/mol. The predicted molar refractivity (Wildman–Crippen MR) is 138 cm³/mol. The normalized spacial score (nSPS) is 27.7. The van der Waals surface area contributed by atoms with Crippen molar-refractivity contribution in [3.63, 3.8) is 0 Å². The van der Waals surface area contributed by atoms with Gasteiger partial charge in [0.25, 0.3) is 0 Å². The minimum Gasteiger partial charge on any atom is -0.480 e. The van der Waals surface area contributed by atoms with Crippen LogP contribution in [-0.4, -0.2) is 41.3 Å². The van der Waals surface area contributed by atoms with Crippen LogP contribution in [0.5, 0.6) is 0 Å². The zero-order valence-corrected chi connectivity index (χ0v) is 20.9. The molecule has 0 spiro atoms. The molecule has 0 aliphatic heterocycles. The smallest absolute Gasteiger partial charge is 0.407 e. The van der Waals surface area contributed by atoms with Gasteiger partial charge in [-0.1, -0.05) is 48.5 Å². The first-order chi connectivity index (χ1) is 17.9. The zero-order chi connectivity index (χ0) is 25.6. The topological polar surface area (TPSA) is 105 Å². The van der Waals surface area contributed by atoms with Gasteiger partial charge in [0.2, 0.25) is 5.91 Å². The molecule has 5 aliphatic rings. The number of carbonyl (C=O) groups excluding carboxylic acids is 2. The lowest BCUT2D eigenvalue weighted by Crippen LogP contribution is -2.60. The van der Waals surface area contributed by atoms with Crippen LogP contribution < -0.4 is 10.6 Å². The van der Waals surface area contributed by atoms with Crippen LogP contribution in [0.2, 0.25) is 0 Å². The van der Waals surface area contributed by atoms with Gasteiger partial charge in [-0.15, -0.1) is 0 Å². The molecule has 0 saturated heterocycles. The van der Waals surface area contributed by atoms with Crippen LogP contribution in [0.25, 0.3) is 11.1 Å². The molecule has 1 atom stereocenters. The molecule has 3 N–H and O–H groups in total. The Bertz CT molecular complexity index is 1140. The molecule has 0 aromatic heterocycles. The number of carboxylic acids is 1. The van der Waals surface area contributed by atoms with E-state index in [1.807, 2.05) is 36.4 Å². The fraction of sp³-hybridized carbons (Fsp3) is 0.500. The van der Waals surface area contributed by atoms with Crippen LogP contribution in [-0.2, 0) is 14.3 Å². The number of carbonyl (C=O) groups is 3. The van der Waals surface area contributed by atoms with Crippen molar-refractivity contribution in [3.05, 3.63) is 59.7 Å². The highest BCUT2D eigenvalue weighted by Crippen LogP contribution is 2.55. The summed E-state index contributed by atoms with van der Waals surface area (Å²) in [6.45, 7) is 0.110. The number of rotatable bonds is 8. The third-order valence-electron chi connectivity index (χ3n) is 9.04. The molecule has 4 bridgehead atoms. The number of hydrogen-bond acceptors (Lipinski definition) is 4. The molecule has 7 heteroatoms. The highest BCUT2D eigenvalue weighted by Gasteiger charge is 2.51. The first-order valence-electron chi connectivity index (χ1n) is 13.5. The Labute approximate surface area is 217 Å². The van der Waals surface area contributed by atoms with Crippen molar-refractivity contribution < 1.29 is 24.2 Å². The van der Waals surface area contributed by atoms with Gasteiger partial charge in [-0.25, -0.2) is 9.59 Å². The molecule has 194 valence electrons. The van der Waals surface area contributed by atoms with Gasteiger partial charge in [-0.05, 0) is 85.0 Å². The second kappa shape index (κ2) is 9.51. The Morgan fingerprint density at radius 2 is 1.43 bits per heavy atom. The Kier molecular flexibility index (Phi) is 6.17. The molecule has 7 rings (SSSR count). The molecular weight excluding hydrogens is 468 g/mol. The summed E-state index contributed by atoms with van der Waals surface area (Å²) in [7, 11) is 0. The van der Waals surface area contributed by atoms with Crippen LogP contribution in [0.3, 0.4) is 0 Å². The van der Waals surface area contributed by atoms with Gasteiger partial charge in [-0.2, -0.15) is 0 Å². The summed E-state index contributed by atoms with van der Waals surface area (Å²) >= 11 is 0. The summed E-state index contributed by atoms with van der Waals surface area (Å²) in [5.74, 6) is 0.752. The Balaban J connectivity index is 1.02. The van der Waals surface area contributed by atoms with E-state index in [2.05, 4.69) is 22.8 Å². The van der Waals surface area contributed by atoms with Crippen molar-refractivity contribution >= 4 is 18.0 Å². The van der Waals surface area contributed by atoms with E-state index in [1.54, 1.807) is 0 Å². The SMILES string of the molecule is O=C(CC[C@H](NC(=O)OCC1c2ccccc2-c2ccccc21)C(=O)O)NC12CC3CC(CC(C3)C1)C2. The molecule has 4 fully saturated rings. The quantitative estimate of drug-likeness (QED) is 0.479. The molecule has 2 aromatic carbocycles. The van der Waals surface area contributed by atoms with E-state index < -0.39 is 18.1 Å². The molecule has 5 aliphatic carbocycles. The fourth-order valence-corrected chi connectivity index (χ4v) is 7.94. The van der Waals surface area contributed by atoms with Crippen molar-refractivity contribution in [2.45, 2.75) is 68.9 Å². The predicted octanol–water partition coefficient (Wildman–Crippen LogP) is 4.84. The lowest BCUT2D eigenvalue weighted by Gasteiger charge is -2.57. The van der Waals surface area contributed by atoms with Crippen molar-refractivity contribution in [1.82, 2.24) is 10.6 Å². The van der Waals surface area contributed by atoms with Gasteiger partial charge in [0.05, 0.1) is 0 Å². The first kappa shape index (κ1) is 24.0. The number of nitrogens with one attached hydrogen (secondary N) is 2.